The normalized spacial score (nSPS) is 12.5. The summed E-state index contributed by atoms with van der Waals surface area (Å²) in [6.07, 6.45) is 0.873. The van der Waals surface area contributed by atoms with Crippen LogP contribution in [0.15, 0.2) is 12.1 Å². The molecule has 88 valence electrons. The summed E-state index contributed by atoms with van der Waals surface area (Å²) in [7, 11) is 1.48. The fourth-order valence-electron chi connectivity index (χ4n) is 1.55. The summed E-state index contributed by atoms with van der Waals surface area (Å²) in [6, 6.07) is 2.64. The number of carbonyl (C=O) groups is 1. The van der Waals surface area contributed by atoms with E-state index in [-0.39, 0.29) is 24.5 Å². The molecule has 1 aromatic carbocycles. The van der Waals surface area contributed by atoms with Crippen LogP contribution in [0, 0.1) is 11.6 Å². The van der Waals surface area contributed by atoms with Gasteiger partial charge in [-0.25, -0.2) is 8.78 Å². The van der Waals surface area contributed by atoms with E-state index in [4.69, 9.17) is 4.74 Å². The zero-order valence-electron chi connectivity index (χ0n) is 9.30. The molecule has 0 fully saturated rings. The number of halogens is 2. The van der Waals surface area contributed by atoms with Gasteiger partial charge in [0.2, 0.25) is 0 Å². The highest BCUT2D eigenvalue weighted by Gasteiger charge is 2.15. The van der Waals surface area contributed by atoms with Crippen LogP contribution in [0.4, 0.5) is 8.78 Å². The standard InChI is InChI=1S/C12H14F2O2/c1-8(3-4-15)10-5-9(7-16-2)6-11(13)12(10)14/h4-6,8H,3,7H2,1-2H3. The van der Waals surface area contributed by atoms with Gasteiger partial charge in [-0.15, -0.1) is 0 Å². The van der Waals surface area contributed by atoms with Crippen molar-refractivity contribution in [3.63, 3.8) is 0 Å². The molecule has 2 nitrogen and oxygen atoms in total. The molecule has 0 saturated carbocycles. The van der Waals surface area contributed by atoms with Gasteiger partial charge < -0.3 is 9.53 Å². The van der Waals surface area contributed by atoms with Crippen LogP contribution in [0.5, 0.6) is 0 Å². The molecule has 16 heavy (non-hydrogen) atoms. The van der Waals surface area contributed by atoms with Crippen LogP contribution in [0.2, 0.25) is 0 Å². The molecule has 0 amide bonds. The first-order valence-electron chi connectivity index (χ1n) is 5.00. The number of methoxy groups -OCH3 is 1. The van der Waals surface area contributed by atoms with Crippen molar-refractivity contribution in [2.75, 3.05) is 7.11 Å². The van der Waals surface area contributed by atoms with Gasteiger partial charge >= 0.3 is 0 Å². The summed E-state index contributed by atoms with van der Waals surface area (Å²) in [6.45, 7) is 1.90. The Hall–Kier alpha value is -1.29. The van der Waals surface area contributed by atoms with Crippen LogP contribution in [0.3, 0.4) is 0 Å². The minimum absolute atomic E-state index is 0.173. The fraction of sp³-hybridized carbons (Fsp3) is 0.417. The number of carbonyl (C=O) groups excluding carboxylic acids is 1. The molecule has 1 unspecified atom stereocenters. The van der Waals surface area contributed by atoms with E-state index in [0.29, 0.717) is 11.8 Å². The van der Waals surface area contributed by atoms with Crippen molar-refractivity contribution < 1.29 is 18.3 Å². The van der Waals surface area contributed by atoms with Crippen molar-refractivity contribution in [1.29, 1.82) is 0 Å². The van der Waals surface area contributed by atoms with E-state index in [1.54, 1.807) is 6.92 Å². The second-order valence-corrected chi connectivity index (χ2v) is 3.72. The van der Waals surface area contributed by atoms with Gasteiger partial charge in [-0.3, -0.25) is 0 Å². The summed E-state index contributed by atoms with van der Waals surface area (Å²) in [4.78, 5) is 10.4. The van der Waals surface area contributed by atoms with Crippen LogP contribution in [0.25, 0.3) is 0 Å². The Morgan fingerprint density at radius 1 is 1.44 bits per heavy atom. The van der Waals surface area contributed by atoms with Gasteiger partial charge in [-0.1, -0.05) is 13.0 Å². The monoisotopic (exact) mass is 228 g/mol. The minimum Gasteiger partial charge on any atom is -0.380 e. The van der Waals surface area contributed by atoms with Crippen LogP contribution < -0.4 is 0 Å². The number of rotatable bonds is 5. The second-order valence-electron chi connectivity index (χ2n) is 3.72. The lowest BCUT2D eigenvalue weighted by Crippen LogP contribution is -2.03. The molecule has 0 bridgehead atoms. The first-order chi connectivity index (χ1) is 7.60. The summed E-state index contributed by atoms with van der Waals surface area (Å²) in [5.74, 6) is -2.11. The molecule has 1 aromatic rings. The molecule has 1 rings (SSSR count). The van der Waals surface area contributed by atoms with Gasteiger partial charge in [-0.2, -0.15) is 0 Å². The van der Waals surface area contributed by atoms with Gasteiger partial charge in [0.15, 0.2) is 11.6 Å². The number of benzene rings is 1. The predicted molar refractivity (Wildman–Crippen MR) is 56.2 cm³/mol. The van der Waals surface area contributed by atoms with Crippen molar-refractivity contribution in [2.45, 2.75) is 25.9 Å². The third-order valence-corrected chi connectivity index (χ3v) is 2.41. The lowest BCUT2D eigenvalue weighted by atomic mass is 9.96. The molecule has 0 saturated heterocycles. The van der Waals surface area contributed by atoms with Gasteiger partial charge in [0.25, 0.3) is 0 Å². The lowest BCUT2D eigenvalue weighted by molar-refractivity contribution is -0.108. The van der Waals surface area contributed by atoms with E-state index in [1.165, 1.54) is 13.2 Å². The summed E-state index contributed by atoms with van der Waals surface area (Å²) >= 11 is 0. The highest BCUT2D eigenvalue weighted by molar-refractivity contribution is 5.51. The highest BCUT2D eigenvalue weighted by atomic mass is 19.2. The molecule has 4 heteroatoms. The average molecular weight is 228 g/mol. The maximum Gasteiger partial charge on any atom is 0.162 e. The molecule has 0 radical (unpaired) electrons. The Kier molecular flexibility index (Phi) is 4.55. The highest BCUT2D eigenvalue weighted by Crippen LogP contribution is 2.25. The van der Waals surface area contributed by atoms with Gasteiger partial charge in [0.1, 0.15) is 6.29 Å². The molecule has 1 atom stereocenters. The SMILES string of the molecule is COCc1cc(F)c(F)c(C(C)CC=O)c1. The molecule has 0 aliphatic rings. The van der Waals surface area contributed by atoms with Crippen molar-refractivity contribution in [3.8, 4) is 0 Å². The minimum atomic E-state index is -0.901. The van der Waals surface area contributed by atoms with Crippen LogP contribution in [0.1, 0.15) is 30.4 Å². The van der Waals surface area contributed by atoms with Crippen molar-refractivity contribution in [1.82, 2.24) is 0 Å². The van der Waals surface area contributed by atoms with E-state index in [9.17, 15) is 13.6 Å². The molecular formula is C12H14F2O2. The predicted octanol–water partition coefficient (Wildman–Crippen LogP) is 2.80. The third-order valence-electron chi connectivity index (χ3n) is 2.41. The first kappa shape index (κ1) is 12.8. The number of hydrogen-bond acceptors (Lipinski definition) is 2. The second kappa shape index (κ2) is 5.70. The maximum absolute atomic E-state index is 13.5. The van der Waals surface area contributed by atoms with Gasteiger partial charge in [0.05, 0.1) is 6.61 Å². The van der Waals surface area contributed by atoms with Crippen molar-refractivity contribution >= 4 is 6.29 Å². The number of ether oxygens (including phenoxy) is 1. The molecule has 0 heterocycles. The van der Waals surface area contributed by atoms with Crippen molar-refractivity contribution in [3.05, 3.63) is 34.9 Å². The zero-order valence-corrected chi connectivity index (χ0v) is 9.30. The molecule has 0 aliphatic carbocycles. The Bertz CT molecular complexity index is 378. The Morgan fingerprint density at radius 2 is 2.12 bits per heavy atom. The molecule has 0 N–H and O–H groups in total. The first-order valence-corrected chi connectivity index (χ1v) is 5.00. The smallest absolute Gasteiger partial charge is 0.162 e. The zero-order chi connectivity index (χ0) is 12.1. The van der Waals surface area contributed by atoms with Crippen LogP contribution in [-0.2, 0) is 16.1 Å². The van der Waals surface area contributed by atoms with Crippen LogP contribution in [-0.4, -0.2) is 13.4 Å². The molecule has 0 aromatic heterocycles. The van der Waals surface area contributed by atoms with Gasteiger partial charge in [0, 0.05) is 13.5 Å². The fourth-order valence-corrected chi connectivity index (χ4v) is 1.55. The quantitative estimate of drug-likeness (QED) is 0.724. The van der Waals surface area contributed by atoms with Crippen LogP contribution >= 0.6 is 0 Å². The van der Waals surface area contributed by atoms with Crippen molar-refractivity contribution in [2.24, 2.45) is 0 Å². The number of hydrogen-bond donors (Lipinski definition) is 0. The average Bonchev–Trinajstić information content (AvgIpc) is 2.23. The van der Waals surface area contributed by atoms with E-state index >= 15 is 0 Å². The molecule has 0 aliphatic heterocycles. The molecular weight excluding hydrogens is 214 g/mol. The Balaban J connectivity index is 3.10. The summed E-state index contributed by atoms with van der Waals surface area (Å²) in [5, 5.41) is 0. The Labute approximate surface area is 93.2 Å². The van der Waals surface area contributed by atoms with E-state index < -0.39 is 11.6 Å². The third kappa shape index (κ3) is 2.85. The number of aldehydes is 1. The molecule has 0 spiro atoms. The lowest BCUT2D eigenvalue weighted by Gasteiger charge is -2.12. The maximum atomic E-state index is 13.5. The van der Waals surface area contributed by atoms with Gasteiger partial charge in [-0.05, 0) is 23.1 Å². The Morgan fingerprint density at radius 3 is 2.69 bits per heavy atom. The summed E-state index contributed by atoms with van der Waals surface area (Å²) in [5.41, 5.74) is 0.785. The summed E-state index contributed by atoms with van der Waals surface area (Å²) < 4.78 is 31.6. The van der Waals surface area contributed by atoms with E-state index in [0.717, 1.165) is 6.07 Å². The van der Waals surface area contributed by atoms with E-state index in [2.05, 4.69) is 0 Å². The van der Waals surface area contributed by atoms with E-state index in [1.807, 2.05) is 0 Å². The largest absolute Gasteiger partial charge is 0.380 e. The topological polar surface area (TPSA) is 26.3 Å².